The lowest BCUT2D eigenvalue weighted by atomic mass is 10.2. The lowest BCUT2D eigenvalue weighted by Crippen LogP contribution is -2.15. The van der Waals surface area contributed by atoms with E-state index in [1.807, 2.05) is 0 Å². The van der Waals surface area contributed by atoms with Gasteiger partial charge in [-0.15, -0.1) is 11.6 Å². The van der Waals surface area contributed by atoms with Crippen LogP contribution in [0.1, 0.15) is 38.9 Å². The van der Waals surface area contributed by atoms with Crippen molar-refractivity contribution in [3.63, 3.8) is 0 Å². The maximum absolute atomic E-state index is 5.65. The van der Waals surface area contributed by atoms with Gasteiger partial charge >= 0.3 is 0 Å². The summed E-state index contributed by atoms with van der Waals surface area (Å²) in [6.45, 7) is 6.28. The van der Waals surface area contributed by atoms with E-state index < -0.39 is 0 Å². The average Bonchev–Trinajstić information content (AvgIpc) is 2.53. The van der Waals surface area contributed by atoms with Gasteiger partial charge in [0.1, 0.15) is 5.82 Å². The second-order valence-corrected chi connectivity index (χ2v) is 4.77. The first-order valence-electron chi connectivity index (χ1n) is 4.79. The van der Waals surface area contributed by atoms with Gasteiger partial charge in [0.2, 0.25) is 5.13 Å². The van der Waals surface area contributed by atoms with Crippen molar-refractivity contribution in [3.8, 4) is 0 Å². The first-order valence-corrected chi connectivity index (χ1v) is 6.10. The number of halogens is 1. The van der Waals surface area contributed by atoms with E-state index >= 15 is 0 Å². The quantitative estimate of drug-likeness (QED) is 0.795. The predicted molar refractivity (Wildman–Crippen MR) is 62.4 cm³/mol. The molecule has 80 valence electrons. The van der Waals surface area contributed by atoms with Crippen LogP contribution in [0.15, 0.2) is 0 Å². The van der Waals surface area contributed by atoms with Gasteiger partial charge < -0.3 is 5.32 Å². The molecule has 3 nitrogen and oxygen atoms in total. The fourth-order valence-electron chi connectivity index (χ4n) is 0.975. The van der Waals surface area contributed by atoms with Crippen LogP contribution in [0.25, 0.3) is 0 Å². The van der Waals surface area contributed by atoms with Crippen molar-refractivity contribution in [3.05, 3.63) is 5.82 Å². The molecular weight excluding hydrogens is 218 g/mol. The second-order valence-electron chi connectivity index (χ2n) is 3.64. The van der Waals surface area contributed by atoms with E-state index in [0.29, 0.717) is 17.8 Å². The molecule has 1 rings (SSSR count). The molecule has 0 aromatic carbocycles. The van der Waals surface area contributed by atoms with Crippen LogP contribution < -0.4 is 5.32 Å². The van der Waals surface area contributed by atoms with Gasteiger partial charge in [-0.3, -0.25) is 0 Å². The molecule has 0 saturated carbocycles. The van der Waals surface area contributed by atoms with Crippen LogP contribution in [-0.4, -0.2) is 21.3 Å². The highest BCUT2D eigenvalue weighted by Gasteiger charge is 2.09. The van der Waals surface area contributed by atoms with Gasteiger partial charge in [0, 0.05) is 29.4 Å². The lowest BCUT2D eigenvalue weighted by molar-refractivity contribution is 0.760. The molecule has 1 aromatic rings. The third-order valence-electron chi connectivity index (χ3n) is 1.87. The van der Waals surface area contributed by atoms with E-state index in [1.54, 1.807) is 0 Å². The molecule has 0 amide bonds. The Kier molecular flexibility index (Phi) is 4.62. The monoisotopic (exact) mass is 233 g/mol. The molecule has 0 aliphatic rings. The molecule has 1 heterocycles. The molecule has 0 aliphatic heterocycles. The molecule has 0 radical (unpaired) electrons. The topological polar surface area (TPSA) is 37.8 Å². The summed E-state index contributed by atoms with van der Waals surface area (Å²) < 4.78 is 4.26. The summed E-state index contributed by atoms with van der Waals surface area (Å²) in [5, 5.41) is 4.17. The molecule has 1 aromatic heterocycles. The maximum Gasteiger partial charge on any atom is 0.202 e. The Morgan fingerprint density at radius 1 is 1.43 bits per heavy atom. The van der Waals surface area contributed by atoms with Crippen LogP contribution in [0.5, 0.6) is 0 Å². The molecule has 0 bridgehead atoms. The van der Waals surface area contributed by atoms with Crippen LogP contribution in [0.3, 0.4) is 0 Å². The highest BCUT2D eigenvalue weighted by molar-refractivity contribution is 7.09. The Labute approximate surface area is 94.1 Å². The van der Waals surface area contributed by atoms with Crippen LogP contribution in [0.4, 0.5) is 5.13 Å². The number of hydrogen-bond donors (Lipinski definition) is 1. The Morgan fingerprint density at radius 3 is 2.64 bits per heavy atom. The molecule has 0 spiro atoms. The highest BCUT2D eigenvalue weighted by Crippen LogP contribution is 2.18. The van der Waals surface area contributed by atoms with Crippen molar-refractivity contribution in [1.29, 1.82) is 0 Å². The third-order valence-corrected chi connectivity index (χ3v) is 2.75. The average molecular weight is 234 g/mol. The van der Waals surface area contributed by atoms with Gasteiger partial charge in [-0.05, 0) is 13.3 Å². The van der Waals surface area contributed by atoms with Gasteiger partial charge in [0.15, 0.2) is 0 Å². The van der Waals surface area contributed by atoms with Crippen LogP contribution >= 0.6 is 23.1 Å². The molecule has 0 saturated heterocycles. The number of nitrogens with one attached hydrogen (secondary N) is 1. The standard InChI is InChI=1S/C9H16ClN3S/c1-6(2)8-12-9(14-13-8)11-7(3)4-5-10/h6-7H,4-5H2,1-3H3,(H,11,12,13). The molecular formula is C9H16ClN3S. The minimum Gasteiger partial charge on any atom is -0.358 e. The number of nitrogens with zero attached hydrogens (tertiary/aromatic N) is 2. The summed E-state index contributed by atoms with van der Waals surface area (Å²) in [4.78, 5) is 4.39. The van der Waals surface area contributed by atoms with Crippen molar-refractivity contribution in [2.75, 3.05) is 11.2 Å². The Morgan fingerprint density at radius 2 is 2.14 bits per heavy atom. The number of alkyl halides is 1. The molecule has 14 heavy (non-hydrogen) atoms. The molecule has 1 N–H and O–H groups in total. The summed E-state index contributed by atoms with van der Waals surface area (Å²) in [5.74, 6) is 1.98. The van der Waals surface area contributed by atoms with Crippen molar-refractivity contribution < 1.29 is 0 Å². The van der Waals surface area contributed by atoms with Gasteiger partial charge in [0.05, 0.1) is 0 Å². The van der Waals surface area contributed by atoms with Crippen LogP contribution in [0.2, 0.25) is 0 Å². The number of rotatable bonds is 5. The van der Waals surface area contributed by atoms with Crippen molar-refractivity contribution in [2.24, 2.45) is 0 Å². The summed E-state index contributed by atoms with van der Waals surface area (Å²) in [6, 6.07) is 0.362. The Bertz CT molecular complexity index is 275. The molecule has 0 fully saturated rings. The van der Waals surface area contributed by atoms with E-state index in [1.165, 1.54) is 11.5 Å². The van der Waals surface area contributed by atoms with E-state index in [-0.39, 0.29) is 0 Å². The SMILES string of the molecule is CC(CCCl)Nc1nc(C(C)C)ns1. The van der Waals surface area contributed by atoms with E-state index in [4.69, 9.17) is 11.6 Å². The van der Waals surface area contributed by atoms with Crippen molar-refractivity contribution >= 4 is 28.3 Å². The van der Waals surface area contributed by atoms with Gasteiger partial charge in [-0.1, -0.05) is 13.8 Å². The van der Waals surface area contributed by atoms with E-state index in [9.17, 15) is 0 Å². The fourth-order valence-corrected chi connectivity index (χ4v) is 2.12. The predicted octanol–water partition coefficient (Wildman–Crippen LogP) is 3.09. The highest BCUT2D eigenvalue weighted by atomic mass is 35.5. The minimum absolute atomic E-state index is 0.362. The van der Waals surface area contributed by atoms with Crippen molar-refractivity contribution in [2.45, 2.75) is 39.2 Å². The van der Waals surface area contributed by atoms with Gasteiger partial charge in [0.25, 0.3) is 0 Å². The third kappa shape index (κ3) is 3.42. The summed E-state index contributed by atoms with van der Waals surface area (Å²) >= 11 is 7.06. The number of anilines is 1. The molecule has 1 unspecified atom stereocenters. The van der Waals surface area contributed by atoms with Crippen LogP contribution in [-0.2, 0) is 0 Å². The van der Waals surface area contributed by atoms with E-state index in [0.717, 1.165) is 17.4 Å². The largest absolute Gasteiger partial charge is 0.358 e. The lowest BCUT2D eigenvalue weighted by Gasteiger charge is -2.09. The van der Waals surface area contributed by atoms with Gasteiger partial charge in [-0.2, -0.15) is 4.37 Å². The smallest absolute Gasteiger partial charge is 0.202 e. The number of aromatic nitrogens is 2. The Hall–Kier alpha value is -0.350. The zero-order valence-electron chi connectivity index (χ0n) is 8.75. The minimum atomic E-state index is 0.362. The molecule has 5 heteroatoms. The normalized spacial score (nSPS) is 13.2. The van der Waals surface area contributed by atoms with Crippen LogP contribution in [0, 0.1) is 0 Å². The zero-order chi connectivity index (χ0) is 10.6. The summed E-state index contributed by atoms with van der Waals surface area (Å²) in [7, 11) is 0. The Balaban J connectivity index is 2.51. The summed E-state index contributed by atoms with van der Waals surface area (Å²) in [6.07, 6.45) is 0.943. The molecule has 0 aliphatic carbocycles. The first-order chi connectivity index (χ1) is 6.63. The van der Waals surface area contributed by atoms with E-state index in [2.05, 4.69) is 35.4 Å². The molecule has 1 atom stereocenters. The second kappa shape index (κ2) is 5.51. The van der Waals surface area contributed by atoms with Gasteiger partial charge in [-0.25, -0.2) is 4.98 Å². The zero-order valence-corrected chi connectivity index (χ0v) is 10.3. The number of hydrogen-bond acceptors (Lipinski definition) is 4. The fraction of sp³-hybridized carbons (Fsp3) is 0.778. The maximum atomic E-state index is 5.65. The van der Waals surface area contributed by atoms with Crippen molar-refractivity contribution in [1.82, 2.24) is 9.36 Å². The summed E-state index contributed by atoms with van der Waals surface area (Å²) in [5.41, 5.74) is 0. The first kappa shape index (κ1) is 11.7.